The van der Waals surface area contributed by atoms with Crippen LogP contribution < -0.4 is 10.1 Å². The zero-order chi connectivity index (χ0) is 17.5. The van der Waals surface area contributed by atoms with Crippen LogP contribution in [-0.4, -0.2) is 28.5 Å². The highest BCUT2D eigenvalue weighted by Gasteiger charge is 2.12. The number of nitrogens with one attached hydrogen (secondary N) is 1. The van der Waals surface area contributed by atoms with Crippen molar-refractivity contribution in [1.29, 1.82) is 0 Å². The van der Waals surface area contributed by atoms with E-state index in [0.717, 1.165) is 22.4 Å². The maximum Gasteiger partial charge on any atom is 0.305 e. The van der Waals surface area contributed by atoms with Crippen molar-refractivity contribution in [2.75, 3.05) is 6.54 Å². The Morgan fingerprint density at radius 2 is 1.96 bits per heavy atom. The summed E-state index contributed by atoms with van der Waals surface area (Å²) in [7, 11) is 0. The Hall–Kier alpha value is -2.89. The van der Waals surface area contributed by atoms with E-state index in [4.69, 9.17) is 9.84 Å². The molecule has 0 unspecified atom stereocenters. The number of carbonyl (C=O) groups is 2. The molecule has 0 radical (unpaired) electrons. The number of rotatable bonds is 7. The fourth-order valence-corrected chi connectivity index (χ4v) is 2.33. The van der Waals surface area contributed by atoms with E-state index in [9.17, 15) is 9.59 Å². The van der Waals surface area contributed by atoms with Crippen LogP contribution in [0.1, 0.15) is 33.5 Å². The molecule has 2 aromatic rings. The average molecular weight is 328 g/mol. The molecule has 2 rings (SSSR count). The first-order chi connectivity index (χ1) is 11.5. The lowest BCUT2D eigenvalue weighted by Gasteiger charge is -2.14. The van der Waals surface area contributed by atoms with Crippen LogP contribution in [0.15, 0.2) is 36.7 Å². The molecule has 6 nitrogen and oxygen atoms in total. The summed E-state index contributed by atoms with van der Waals surface area (Å²) >= 11 is 0. The van der Waals surface area contributed by atoms with Crippen molar-refractivity contribution in [3.8, 4) is 5.75 Å². The number of hydrogen-bond donors (Lipinski definition) is 2. The number of aromatic nitrogens is 1. The summed E-state index contributed by atoms with van der Waals surface area (Å²) in [5, 5.41) is 11.2. The van der Waals surface area contributed by atoms with Gasteiger partial charge in [0.05, 0.1) is 6.42 Å². The minimum Gasteiger partial charge on any atom is -0.488 e. The number of pyridine rings is 1. The SMILES string of the molecule is Cc1cc(C(=O)NCCC(=O)O)cc(C)c1OCc1cccnc1. The van der Waals surface area contributed by atoms with E-state index >= 15 is 0 Å². The van der Waals surface area contributed by atoms with Crippen molar-refractivity contribution in [2.45, 2.75) is 26.9 Å². The van der Waals surface area contributed by atoms with Crippen molar-refractivity contribution in [1.82, 2.24) is 10.3 Å². The molecule has 0 atom stereocenters. The smallest absolute Gasteiger partial charge is 0.305 e. The van der Waals surface area contributed by atoms with Gasteiger partial charge in [0.25, 0.3) is 5.91 Å². The molecule has 1 aromatic heterocycles. The van der Waals surface area contributed by atoms with E-state index in [1.54, 1.807) is 24.5 Å². The lowest BCUT2D eigenvalue weighted by molar-refractivity contribution is -0.136. The summed E-state index contributed by atoms with van der Waals surface area (Å²) in [6.45, 7) is 4.25. The first-order valence-corrected chi connectivity index (χ1v) is 7.60. The molecule has 1 aromatic carbocycles. The van der Waals surface area contributed by atoms with E-state index in [2.05, 4.69) is 10.3 Å². The lowest BCUT2D eigenvalue weighted by atomic mass is 10.0. The molecule has 126 valence electrons. The molecule has 1 heterocycles. The largest absolute Gasteiger partial charge is 0.488 e. The topological polar surface area (TPSA) is 88.5 Å². The van der Waals surface area contributed by atoms with E-state index < -0.39 is 5.97 Å². The van der Waals surface area contributed by atoms with Gasteiger partial charge in [-0.3, -0.25) is 14.6 Å². The Morgan fingerprint density at radius 3 is 2.54 bits per heavy atom. The second-order valence-electron chi connectivity index (χ2n) is 5.49. The van der Waals surface area contributed by atoms with Gasteiger partial charge in [-0.25, -0.2) is 0 Å². The number of ether oxygens (including phenoxy) is 1. The number of aryl methyl sites for hydroxylation is 2. The predicted octanol–water partition coefficient (Wildman–Crippen LogP) is 2.48. The van der Waals surface area contributed by atoms with Crippen LogP contribution in [0, 0.1) is 13.8 Å². The summed E-state index contributed by atoms with van der Waals surface area (Å²) in [4.78, 5) is 26.6. The Kier molecular flexibility index (Phi) is 5.89. The Bertz CT molecular complexity index is 706. The van der Waals surface area contributed by atoms with Crippen molar-refractivity contribution in [3.05, 3.63) is 58.9 Å². The maximum absolute atomic E-state index is 12.1. The van der Waals surface area contributed by atoms with Gasteiger partial charge in [0, 0.05) is 30.1 Å². The summed E-state index contributed by atoms with van der Waals surface area (Å²) in [5.74, 6) is -0.496. The molecule has 2 N–H and O–H groups in total. The minimum atomic E-state index is -0.943. The summed E-state index contributed by atoms with van der Waals surface area (Å²) in [5.41, 5.74) is 3.15. The van der Waals surface area contributed by atoms with Crippen LogP contribution in [-0.2, 0) is 11.4 Å². The van der Waals surface area contributed by atoms with Crippen LogP contribution in [0.4, 0.5) is 0 Å². The Labute approximate surface area is 140 Å². The molecular formula is C18H20N2O4. The Balaban J connectivity index is 2.04. The first kappa shape index (κ1) is 17.5. The van der Waals surface area contributed by atoms with E-state index in [1.165, 1.54) is 0 Å². The zero-order valence-electron chi connectivity index (χ0n) is 13.7. The number of carboxylic acids is 1. The number of aliphatic carboxylic acids is 1. The predicted molar refractivity (Wildman–Crippen MR) is 89.1 cm³/mol. The highest BCUT2D eigenvalue weighted by Crippen LogP contribution is 2.25. The molecule has 6 heteroatoms. The van der Waals surface area contributed by atoms with Gasteiger partial charge in [-0.1, -0.05) is 6.07 Å². The fourth-order valence-electron chi connectivity index (χ4n) is 2.33. The number of carbonyl (C=O) groups excluding carboxylic acids is 1. The number of carboxylic acid groups (broad SMARTS) is 1. The lowest BCUT2D eigenvalue weighted by Crippen LogP contribution is -2.26. The van der Waals surface area contributed by atoms with Crippen LogP contribution in [0.5, 0.6) is 5.75 Å². The molecular weight excluding hydrogens is 308 g/mol. The highest BCUT2D eigenvalue weighted by molar-refractivity contribution is 5.95. The van der Waals surface area contributed by atoms with Crippen LogP contribution in [0.2, 0.25) is 0 Å². The number of nitrogens with zero attached hydrogens (tertiary/aromatic N) is 1. The molecule has 0 aliphatic heterocycles. The third-order valence-corrected chi connectivity index (χ3v) is 3.45. The van der Waals surface area contributed by atoms with Crippen molar-refractivity contribution in [3.63, 3.8) is 0 Å². The van der Waals surface area contributed by atoms with Gasteiger partial charge in [0.2, 0.25) is 0 Å². The van der Waals surface area contributed by atoms with Crippen LogP contribution in [0.3, 0.4) is 0 Å². The molecule has 0 aliphatic carbocycles. The summed E-state index contributed by atoms with van der Waals surface area (Å²) in [6, 6.07) is 7.26. The first-order valence-electron chi connectivity index (χ1n) is 7.60. The fraction of sp³-hybridized carbons (Fsp3) is 0.278. The standard InChI is InChI=1S/C18H20N2O4/c1-12-8-15(18(23)20-7-5-16(21)22)9-13(2)17(12)24-11-14-4-3-6-19-10-14/h3-4,6,8-10H,5,7,11H2,1-2H3,(H,20,23)(H,21,22). The molecule has 0 bridgehead atoms. The average Bonchev–Trinajstić information content (AvgIpc) is 2.54. The van der Waals surface area contributed by atoms with E-state index in [0.29, 0.717) is 12.2 Å². The third kappa shape index (κ3) is 4.81. The summed E-state index contributed by atoms with van der Waals surface area (Å²) in [6.07, 6.45) is 3.35. The van der Waals surface area contributed by atoms with E-state index in [-0.39, 0.29) is 18.9 Å². The van der Waals surface area contributed by atoms with Gasteiger partial charge < -0.3 is 15.2 Å². The molecule has 0 aliphatic rings. The molecule has 24 heavy (non-hydrogen) atoms. The van der Waals surface area contributed by atoms with Crippen molar-refractivity contribution in [2.24, 2.45) is 0 Å². The number of amides is 1. The third-order valence-electron chi connectivity index (χ3n) is 3.45. The van der Waals surface area contributed by atoms with Gasteiger partial charge in [0.15, 0.2) is 0 Å². The van der Waals surface area contributed by atoms with Crippen LogP contribution >= 0.6 is 0 Å². The number of benzene rings is 1. The minimum absolute atomic E-state index is 0.101. The van der Waals surface area contributed by atoms with E-state index in [1.807, 2.05) is 26.0 Å². The zero-order valence-corrected chi connectivity index (χ0v) is 13.7. The van der Waals surface area contributed by atoms with Gasteiger partial charge in [-0.05, 0) is 43.2 Å². The van der Waals surface area contributed by atoms with Gasteiger partial charge in [-0.2, -0.15) is 0 Å². The molecule has 0 saturated carbocycles. The maximum atomic E-state index is 12.1. The van der Waals surface area contributed by atoms with Crippen molar-refractivity contribution >= 4 is 11.9 Å². The second kappa shape index (κ2) is 8.10. The molecule has 0 saturated heterocycles. The molecule has 0 fully saturated rings. The number of hydrogen-bond acceptors (Lipinski definition) is 4. The highest BCUT2D eigenvalue weighted by atomic mass is 16.5. The van der Waals surface area contributed by atoms with Gasteiger partial charge in [-0.15, -0.1) is 0 Å². The van der Waals surface area contributed by atoms with Gasteiger partial charge >= 0.3 is 5.97 Å². The quantitative estimate of drug-likeness (QED) is 0.815. The Morgan fingerprint density at radius 1 is 1.25 bits per heavy atom. The van der Waals surface area contributed by atoms with Crippen LogP contribution in [0.25, 0.3) is 0 Å². The normalized spacial score (nSPS) is 10.2. The van der Waals surface area contributed by atoms with Crippen molar-refractivity contribution < 1.29 is 19.4 Å². The summed E-state index contributed by atoms with van der Waals surface area (Å²) < 4.78 is 5.85. The molecule has 1 amide bonds. The van der Waals surface area contributed by atoms with Gasteiger partial charge in [0.1, 0.15) is 12.4 Å². The molecule has 0 spiro atoms. The monoisotopic (exact) mass is 328 g/mol. The second-order valence-corrected chi connectivity index (χ2v) is 5.49.